The molecule has 1 aliphatic heterocycles. The van der Waals surface area contributed by atoms with Gasteiger partial charge in [-0.25, -0.2) is 0 Å². The number of amides is 2. The highest BCUT2D eigenvalue weighted by Crippen LogP contribution is 2.35. The summed E-state index contributed by atoms with van der Waals surface area (Å²) in [6.45, 7) is 3.54. The lowest BCUT2D eigenvalue weighted by Gasteiger charge is -2.19. The third-order valence-electron chi connectivity index (χ3n) is 4.28. The minimum Gasteiger partial charge on any atom is -0.395 e. The van der Waals surface area contributed by atoms with E-state index in [0.29, 0.717) is 12.8 Å². The Labute approximate surface area is 184 Å². The quantitative estimate of drug-likeness (QED) is 0.541. The van der Waals surface area contributed by atoms with Crippen LogP contribution in [0.5, 0.6) is 0 Å². The molecule has 0 aliphatic carbocycles. The van der Waals surface area contributed by atoms with E-state index in [1.54, 1.807) is 0 Å². The van der Waals surface area contributed by atoms with Crippen LogP contribution in [0.25, 0.3) is 0 Å². The van der Waals surface area contributed by atoms with Crippen LogP contribution in [0.2, 0.25) is 0 Å². The van der Waals surface area contributed by atoms with Gasteiger partial charge in [-0.2, -0.15) is 0 Å². The molecule has 0 bridgehead atoms. The number of aliphatic hydroxyl groups excluding tert-OH is 1. The van der Waals surface area contributed by atoms with Gasteiger partial charge in [0.15, 0.2) is 0 Å². The van der Waals surface area contributed by atoms with E-state index in [4.69, 9.17) is 11.5 Å². The topological polar surface area (TPSA) is 57.6 Å². The summed E-state index contributed by atoms with van der Waals surface area (Å²) in [4.78, 5) is 26.2. The van der Waals surface area contributed by atoms with Crippen molar-refractivity contribution in [1.29, 1.82) is 0 Å². The molecule has 0 aromatic heterocycles. The van der Waals surface area contributed by atoms with Crippen LogP contribution < -0.4 is 0 Å². The Morgan fingerprint density at radius 3 is 1.74 bits per heavy atom. The monoisotopic (exact) mass is 405 g/mol. The minimum absolute atomic E-state index is 0.0156. The third kappa shape index (κ3) is 7.84. The highest BCUT2D eigenvalue weighted by Gasteiger charge is 2.48. The molecule has 31 heavy (non-hydrogen) atoms. The molecule has 1 saturated heterocycles. The van der Waals surface area contributed by atoms with Crippen molar-refractivity contribution in [2.24, 2.45) is 17.8 Å². The van der Waals surface area contributed by atoms with Gasteiger partial charge in [-0.1, -0.05) is 19.8 Å². The second-order valence-electron chi connectivity index (χ2n) is 6.02. The maximum Gasteiger partial charge on any atom is 0.234 e. The van der Waals surface area contributed by atoms with Crippen LogP contribution in [-0.4, -0.2) is 35.0 Å². The molecule has 0 radical (unpaired) electrons. The molecule has 3 unspecified atom stereocenters. The van der Waals surface area contributed by atoms with Crippen LogP contribution in [0.15, 0.2) is 0 Å². The van der Waals surface area contributed by atoms with Gasteiger partial charge in [-0.15, -0.1) is 6.42 Å². The first-order valence-corrected chi connectivity index (χ1v) is 9.54. The summed E-state index contributed by atoms with van der Waals surface area (Å²) < 4.78 is 0. The average Bonchev–Trinajstić information content (AvgIpc) is 3.01. The molecule has 2 amide bonds. The van der Waals surface area contributed by atoms with Crippen molar-refractivity contribution < 1.29 is 14.7 Å². The van der Waals surface area contributed by atoms with Crippen molar-refractivity contribution in [1.82, 2.24) is 4.90 Å². The van der Waals surface area contributed by atoms with Crippen molar-refractivity contribution >= 4 is 11.8 Å². The van der Waals surface area contributed by atoms with Gasteiger partial charge in [0.05, 0.1) is 25.0 Å². The maximum atomic E-state index is 12.6. The summed E-state index contributed by atoms with van der Waals surface area (Å²) in [7, 11) is 0. The van der Waals surface area contributed by atoms with Gasteiger partial charge in [0.1, 0.15) is 0 Å². The van der Waals surface area contributed by atoms with Crippen LogP contribution in [-0.2, 0) is 9.59 Å². The molecule has 0 aromatic carbocycles. The predicted octanol–water partition coefficient (Wildman–Crippen LogP) is 0.673. The molecular formula is C27H19NO3. The third-order valence-corrected chi connectivity index (χ3v) is 4.28. The number of carbonyl (C=O) groups is 2. The Kier molecular flexibility index (Phi) is 11.6. The first-order chi connectivity index (χ1) is 15.1. The number of rotatable bonds is 5. The predicted molar refractivity (Wildman–Crippen MR) is 118 cm³/mol. The summed E-state index contributed by atoms with van der Waals surface area (Å²) >= 11 is 0. The van der Waals surface area contributed by atoms with Gasteiger partial charge in [0.2, 0.25) is 11.8 Å². The van der Waals surface area contributed by atoms with E-state index in [1.165, 1.54) is 0 Å². The number of hydrogen-bond donors (Lipinski definition) is 1. The van der Waals surface area contributed by atoms with E-state index in [2.05, 4.69) is 88.8 Å². The molecule has 4 nitrogen and oxygen atoms in total. The Morgan fingerprint density at radius 2 is 1.32 bits per heavy atom. The fourth-order valence-corrected chi connectivity index (χ4v) is 2.97. The fraction of sp³-hybridized carbons (Fsp3) is 0.333. The van der Waals surface area contributed by atoms with Gasteiger partial charge >= 0.3 is 0 Å². The van der Waals surface area contributed by atoms with Crippen LogP contribution in [0.3, 0.4) is 0 Å². The Bertz CT molecular complexity index is 1180. The van der Waals surface area contributed by atoms with Crippen LogP contribution in [0, 0.1) is 113 Å². The van der Waals surface area contributed by atoms with Crippen molar-refractivity contribution in [3.05, 3.63) is 0 Å². The molecule has 1 rings (SSSR count). The zero-order chi connectivity index (χ0) is 22.9. The number of imide groups is 1. The van der Waals surface area contributed by atoms with E-state index in [0.717, 1.165) is 4.90 Å². The van der Waals surface area contributed by atoms with E-state index in [9.17, 15) is 9.59 Å². The van der Waals surface area contributed by atoms with E-state index in [-0.39, 0.29) is 30.9 Å². The molecule has 0 saturated carbocycles. The fourth-order valence-electron chi connectivity index (χ4n) is 2.97. The normalized spacial score (nSPS) is 16.1. The summed E-state index contributed by atoms with van der Waals surface area (Å²) in [5, 5.41) is 9.11. The maximum absolute atomic E-state index is 12.6. The first-order valence-electron chi connectivity index (χ1n) is 9.54. The molecule has 0 spiro atoms. The molecular weight excluding hydrogens is 386 g/mol. The number of likely N-dealkylation sites (tertiary alicyclic amines) is 1. The van der Waals surface area contributed by atoms with Crippen molar-refractivity contribution in [2.75, 3.05) is 13.2 Å². The molecule has 1 fully saturated rings. The number of hydrogen-bond acceptors (Lipinski definition) is 3. The van der Waals surface area contributed by atoms with Crippen molar-refractivity contribution in [3.63, 3.8) is 0 Å². The lowest BCUT2D eigenvalue weighted by atomic mass is 9.81. The summed E-state index contributed by atoms with van der Waals surface area (Å²) in [6.07, 6.45) is 6.08. The molecule has 4 heteroatoms. The zero-order valence-corrected chi connectivity index (χ0v) is 17.3. The second kappa shape index (κ2) is 14.6. The van der Waals surface area contributed by atoms with Gasteiger partial charge in [0, 0.05) is 5.92 Å². The molecule has 1 aliphatic rings. The van der Waals surface area contributed by atoms with Crippen LogP contribution in [0.4, 0.5) is 0 Å². The summed E-state index contributed by atoms with van der Waals surface area (Å²) in [5.41, 5.74) is 0. The van der Waals surface area contributed by atoms with Gasteiger partial charge < -0.3 is 5.11 Å². The highest BCUT2D eigenvalue weighted by molar-refractivity contribution is 6.05. The SMILES string of the molecule is C#CC#CC#CC#CC#CC#CC#CC#CC(CC)C1C(=O)N(CCO)C(=O)C1CC. The van der Waals surface area contributed by atoms with Gasteiger partial charge in [-0.3, -0.25) is 14.5 Å². The van der Waals surface area contributed by atoms with E-state index in [1.807, 2.05) is 13.8 Å². The van der Waals surface area contributed by atoms with Crippen LogP contribution in [0.1, 0.15) is 26.7 Å². The highest BCUT2D eigenvalue weighted by atomic mass is 16.3. The number of nitrogens with zero attached hydrogens (tertiary/aromatic N) is 1. The Balaban J connectivity index is 2.79. The number of carbonyl (C=O) groups excluding carboxylic acids is 2. The molecule has 150 valence electrons. The Hall–Kier alpha value is -4.42. The van der Waals surface area contributed by atoms with Crippen molar-refractivity contribution in [2.45, 2.75) is 26.7 Å². The van der Waals surface area contributed by atoms with E-state index < -0.39 is 11.8 Å². The molecule has 0 aromatic rings. The van der Waals surface area contributed by atoms with E-state index >= 15 is 0 Å². The lowest BCUT2D eigenvalue weighted by molar-refractivity contribution is -0.140. The smallest absolute Gasteiger partial charge is 0.234 e. The molecule has 3 atom stereocenters. The lowest BCUT2D eigenvalue weighted by Crippen LogP contribution is -2.34. The van der Waals surface area contributed by atoms with Gasteiger partial charge in [-0.05, 0) is 95.7 Å². The number of aliphatic hydroxyl groups is 1. The van der Waals surface area contributed by atoms with Gasteiger partial charge in [0.25, 0.3) is 0 Å². The number of β-amino-alcohol motifs (C(OH)–C–C–N with tert-alkyl or cyclic N) is 1. The standard InChI is InChI=1S/C27H19NO3/c1-4-7-8-9-10-11-12-13-14-15-16-17-18-19-20-23(5-2)25-24(6-3)26(30)28(21-22-29)27(25)31/h1,23-25,29H,5-6,21-22H2,2-3H3. The van der Waals surface area contributed by atoms with Crippen LogP contribution >= 0.6 is 0 Å². The second-order valence-corrected chi connectivity index (χ2v) is 6.02. The average molecular weight is 405 g/mol. The number of terminal acetylenes is 1. The molecule has 1 heterocycles. The first kappa shape index (κ1) is 24.6. The minimum atomic E-state index is -0.514. The van der Waals surface area contributed by atoms with Crippen molar-refractivity contribution in [3.8, 4) is 95.2 Å². The largest absolute Gasteiger partial charge is 0.395 e. The Morgan fingerprint density at radius 1 is 0.839 bits per heavy atom. The summed E-state index contributed by atoms with van der Waals surface area (Å²) in [5.74, 6) is 35.9. The summed E-state index contributed by atoms with van der Waals surface area (Å²) in [6, 6.07) is 0. The zero-order valence-electron chi connectivity index (χ0n) is 17.3. The molecule has 1 N–H and O–H groups in total.